The summed E-state index contributed by atoms with van der Waals surface area (Å²) in [4.78, 5) is 27.7. The van der Waals surface area contributed by atoms with E-state index in [1.54, 1.807) is 0 Å². The van der Waals surface area contributed by atoms with E-state index in [0.717, 1.165) is 45.6 Å². The molecule has 0 aromatic carbocycles. The van der Waals surface area contributed by atoms with Gasteiger partial charge >= 0.3 is 11.9 Å². The van der Waals surface area contributed by atoms with E-state index in [1.807, 2.05) is 0 Å². The molecule has 0 spiro atoms. The molecule has 22 heteroatoms. The molecule has 27 atom stereocenters. The normalized spacial score (nSPS) is 52.2. The molecule has 4 saturated carbocycles. The average Bonchev–Trinajstić information content (AvgIpc) is 3.65. The lowest BCUT2D eigenvalue weighted by Crippen LogP contribution is -2.66. The molecule has 11 N–H and O–H groups in total. The van der Waals surface area contributed by atoms with E-state index >= 15 is 4.79 Å². The minimum Gasteiger partial charge on any atom is -0.469 e. The van der Waals surface area contributed by atoms with E-state index in [-0.39, 0.29) is 45.0 Å². The van der Waals surface area contributed by atoms with Crippen LogP contribution in [0.1, 0.15) is 126 Å². The van der Waals surface area contributed by atoms with Gasteiger partial charge in [-0.05, 0) is 116 Å². The first kappa shape index (κ1) is 59.6. The lowest BCUT2D eigenvalue weighted by Gasteiger charge is -2.71. The Labute approximate surface area is 450 Å². The fourth-order valence-corrected chi connectivity index (χ4v) is 16.4. The summed E-state index contributed by atoms with van der Waals surface area (Å²) in [5.41, 5.74) is -0.728. The molecule has 0 aromatic rings. The number of hydrogen-bond acceptors (Lipinski definition) is 22. The minimum atomic E-state index is -1.91. The van der Waals surface area contributed by atoms with Crippen LogP contribution in [-0.4, -0.2) is 211 Å². The smallest absolute Gasteiger partial charge is 0.315 e. The Morgan fingerprint density at radius 3 is 1.90 bits per heavy atom. The number of ether oxygens (including phenoxy) is 9. The molecule has 0 bridgehead atoms. The van der Waals surface area contributed by atoms with Crippen molar-refractivity contribution in [2.75, 3.05) is 20.3 Å². The van der Waals surface area contributed by atoms with Crippen molar-refractivity contribution in [3.63, 3.8) is 0 Å². The molecule has 9 aliphatic rings. The van der Waals surface area contributed by atoms with E-state index in [2.05, 4.69) is 54.5 Å². The van der Waals surface area contributed by atoms with E-state index in [0.29, 0.717) is 31.6 Å². The number of methoxy groups -OCH3 is 1. The Bertz CT molecular complexity index is 2160. The summed E-state index contributed by atoms with van der Waals surface area (Å²) in [6, 6.07) is 0. The molecule has 4 aliphatic heterocycles. The summed E-state index contributed by atoms with van der Waals surface area (Å²) in [5, 5.41) is 119. The molecule has 440 valence electrons. The molecule has 9 rings (SSSR count). The van der Waals surface area contributed by atoms with Gasteiger partial charge in [-0.15, -0.1) is 0 Å². The van der Waals surface area contributed by atoms with E-state index in [9.17, 15) is 61.0 Å². The minimum absolute atomic E-state index is 0.0869. The summed E-state index contributed by atoms with van der Waals surface area (Å²) in [7, 11) is 1.11. The molecule has 22 nitrogen and oxygen atoms in total. The zero-order chi connectivity index (χ0) is 56.3. The van der Waals surface area contributed by atoms with Crippen molar-refractivity contribution in [1.82, 2.24) is 0 Å². The summed E-state index contributed by atoms with van der Waals surface area (Å²) in [6.07, 6.45) is -20.4. The molecule has 4 heterocycles. The summed E-state index contributed by atoms with van der Waals surface area (Å²) < 4.78 is 52.4. The van der Waals surface area contributed by atoms with Gasteiger partial charge in [0.1, 0.15) is 85.5 Å². The topological polar surface area (TPSA) is 340 Å². The van der Waals surface area contributed by atoms with Gasteiger partial charge in [0.15, 0.2) is 18.9 Å². The van der Waals surface area contributed by atoms with Crippen LogP contribution < -0.4 is 0 Å². The molecule has 0 amide bonds. The lowest BCUT2D eigenvalue weighted by atomic mass is 9.33. The van der Waals surface area contributed by atoms with Crippen LogP contribution in [0.15, 0.2) is 11.6 Å². The van der Waals surface area contributed by atoms with Crippen LogP contribution in [0, 0.1) is 50.2 Å². The number of aliphatic hydroxyl groups excluding tert-OH is 11. The van der Waals surface area contributed by atoms with Gasteiger partial charge in [-0.2, -0.15) is 0 Å². The number of esters is 2. The van der Waals surface area contributed by atoms with Gasteiger partial charge in [0.05, 0.1) is 44.4 Å². The number of carbonyl (C=O) groups excluding carboxylic acids is 2. The third-order valence-corrected chi connectivity index (χ3v) is 21.4. The highest BCUT2D eigenvalue weighted by molar-refractivity contribution is 5.79. The quantitative estimate of drug-likeness (QED) is 0.0919. The van der Waals surface area contributed by atoms with Gasteiger partial charge in [0, 0.05) is 0 Å². The summed E-state index contributed by atoms with van der Waals surface area (Å²) in [5.74, 6) is -1.07. The van der Waals surface area contributed by atoms with Crippen molar-refractivity contribution in [1.29, 1.82) is 0 Å². The molecule has 8 fully saturated rings. The molecule has 8 unspecified atom stereocenters. The highest BCUT2D eigenvalue weighted by Crippen LogP contribution is 2.76. The van der Waals surface area contributed by atoms with Crippen molar-refractivity contribution < 1.29 is 108 Å². The Hall–Kier alpha value is -2.04. The number of aliphatic hydroxyl groups is 11. The lowest BCUT2D eigenvalue weighted by molar-refractivity contribution is -0.359. The maximum atomic E-state index is 15.2. The van der Waals surface area contributed by atoms with Gasteiger partial charge in [0.25, 0.3) is 0 Å². The van der Waals surface area contributed by atoms with Gasteiger partial charge in [-0.1, -0.05) is 60.1 Å². The average molecular weight is 1100 g/mol. The second-order valence-electron chi connectivity index (χ2n) is 26.4. The van der Waals surface area contributed by atoms with Gasteiger partial charge in [0.2, 0.25) is 6.29 Å². The monoisotopic (exact) mass is 1100 g/mol. The van der Waals surface area contributed by atoms with Crippen molar-refractivity contribution >= 4 is 11.9 Å². The van der Waals surface area contributed by atoms with Crippen LogP contribution in [0.3, 0.4) is 0 Å². The van der Waals surface area contributed by atoms with Gasteiger partial charge in [-0.3, -0.25) is 9.59 Å². The van der Waals surface area contributed by atoms with Crippen LogP contribution >= 0.6 is 0 Å². The van der Waals surface area contributed by atoms with Crippen molar-refractivity contribution in [2.24, 2.45) is 50.2 Å². The maximum Gasteiger partial charge on any atom is 0.315 e. The van der Waals surface area contributed by atoms with Crippen LogP contribution in [0.25, 0.3) is 0 Å². The molecular formula is C55H88O22. The van der Waals surface area contributed by atoms with Gasteiger partial charge in [-0.25, -0.2) is 0 Å². The van der Waals surface area contributed by atoms with Crippen LogP contribution in [0.2, 0.25) is 0 Å². The first-order valence-electron chi connectivity index (χ1n) is 27.9. The standard InChI is InChI=1S/C55H88O22/c1-24-34(58)37(61)41(65)46(71-24)76-44-27(20-33(57)69-9)72-45(43(67)39(44)63)70-23-29-36(60)38(62)42(66)48(74-29)77-49(68)55-18-16-50(2,3)21-26(55)25-10-11-31-52(6)14-13-32(75-47-40(64)35(59)28(22-56)73-47)51(4,5)30(52)12-15-54(31,8)53(25,7)17-19-55/h10,24,26-32,34-48,56,58-67H,11-23H2,1-9H3/t24-,26?,27+,28+,29+,30?,31?,32?,34-,35-,36+,37-,38+,39-,40-,41-,42+,43+,44?,45-,46+,47+,48+,52?,53-,54?,55?/m1/s1. The molecule has 0 aromatic heterocycles. The molecular weight excluding hydrogens is 1010 g/mol. The maximum absolute atomic E-state index is 15.2. The fourth-order valence-electron chi connectivity index (χ4n) is 16.4. The molecule has 0 radical (unpaired) electrons. The number of carbonyl (C=O) groups is 2. The Balaban J connectivity index is 0.900. The van der Waals surface area contributed by atoms with E-state index in [1.165, 1.54) is 12.5 Å². The largest absolute Gasteiger partial charge is 0.469 e. The SMILES string of the molecule is COC(=O)C[C@@H]1O[C@@H](OC[C@@H]2O[C@@H](OC(=O)C34CCC(C)(C)CC3C3=CCC5C6(C)CCC(O[C@@H]7O[C@@H](CO)[C@@H](O)[C@H]7O)C(C)(C)C6CCC5(C)[C@]3(C)CC4)[C@@H](O)[C@@H](O)[C@H]2O)[C@@H](O)[C@@H](O)C1O[C@@H]1O[C@H](C)[C@@H](O)[C@@H](O)[C@H]1O. The number of allylic oxidation sites excluding steroid dienone is 2. The Kier molecular flexibility index (Phi) is 16.7. The number of fused-ring (bicyclic) bond motifs is 7. The first-order valence-corrected chi connectivity index (χ1v) is 27.9. The van der Waals surface area contributed by atoms with Crippen molar-refractivity contribution in [3.05, 3.63) is 11.6 Å². The van der Waals surface area contributed by atoms with Crippen LogP contribution in [0.4, 0.5) is 0 Å². The predicted octanol–water partition coefficient (Wildman–Crippen LogP) is 0.202. The van der Waals surface area contributed by atoms with Gasteiger partial charge < -0.3 is 98.8 Å². The van der Waals surface area contributed by atoms with E-state index < -0.39 is 154 Å². The zero-order valence-corrected chi connectivity index (χ0v) is 46.0. The number of hydrogen-bond donors (Lipinski definition) is 11. The van der Waals surface area contributed by atoms with Crippen molar-refractivity contribution in [2.45, 2.75) is 249 Å². The zero-order valence-electron chi connectivity index (χ0n) is 46.0. The fraction of sp³-hybridized carbons (Fsp3) is 0.927. The second-order valence-corrected chi connectivity index (χ2v) is 26.4. The molecule has 5 aliphatic carbocycles. The summed E-state index contributed by atoms with van der Waals surface area (Å²) >= 11 is 0. The van der Waals surface area contributed by atoms with Crippen LogP contribution in [0.5, 0.6) is 0 Å². The second kappa shape index (κ2) is 21.6. The predicted molar refractivity (Wildman–Crippen MR) is 265 cm³/mol. The third kappa shape index (κ3) is 9.97. The molecule has 4 saturated heterocycles. The third-order valence-electron chi connectivity index (χ3n) is 21.4. The van der Waals surface area contributed by atoms with E-state index in [4.69, 9.17) is 42.6 Å². The Morgan fingerprint density at radius 1 is 0.623 bits per heavy atom. The first-order chi connectivity index (χ1) is 36.0. The van der Waals surface area contributed by atoms with Crippen LogP contribution in [-0.2, 0) is 52.2 Å². The molecule has 77 heavy (non-hydrogen) atoms. The number of rotatable bonds is 12. The van der Waals surface area contributed by atoms with Crippen molar-refractivity contribution in [3.8, 4) is 0 Å². The highest BCUT2D eigenvalue weighted by atomic mass is 16.8. The Morgan fingerprint density at radius 2 is 1.22 bits per heavy atom. The highest BCUT2D eigenvalue weighted by Gasteiger charge is 2.70. The summed E-state index contributed by atoms with van der Waals surface area (Å²) in [6.45, 7) is 16.5.